The van der Waals surface area contributed by atoms with Crippen LogP contribution in [0.15, 0.2) is 34.8 Å². The molecule has 0 saturated heterocycles. The predicted octanol–water partition coefficient (Wildman–Crippen LogP) is 5.43. The highest BCUT2D eigenvalue weighted by atomic mass is 79.9. The largest absolute Gasteiger partial charge is 0.481 e. The fourth-order valence-electron chi connectivity index (χ4n) is 2.48. The van der Waals surface area contributed by atoms with Crippen molar-refractivity contribution >= 4 is 62.3 Å². The number of rotatable bonds is 6. The van der Waals surface area contributed by atoms with Crippen molar-refractivity contribution < 1.29 is 14.3 Å². The molecule has 2 N–H and O–H groups in total. The van der Waals surface area contributed by atoms with Gasteiger partial charge in [0.2, 0.25) is 5.91 Å². The van der Waals surface area contributed by atoms with Crippen molar-refractivity contribution in [3.63, 3.8) is 0 Å². The van der Waals surface area contributed by atoms with E-state index in [0.717, 1.165) is 18.4 Å². The molecule has 0 aliphatic heterocycles. The van der Waals surface area contributed by atoms with Gasteiger partial charge in [0.1, 0.15) is 0 Å². The maximum Gasteiger partial charge on any atom is 0.262 e. The topological polar surface area (TPSA) is 67.4 Å². The molecule has 1 fully saturated rings. The van der Waals surface area contributed by atoms with E-state index in [1.807, 2.05) is 13.0 Å². The van der Waals surface area contributed by atoms with E-state index in [2.05, 4.69) is 26.6 Å². The summed E-state index contributed by atoms with van der Waals surface area (Å²) >= 11 is 15.3. The first-order valence-corrected chi connectivity index (χ1v) is 9.87. The lowest BCUT2D eigenvalue weighted by Crippen LogP contribution is -2.21. The monoisotopic (exact) mass is 470 g/mol. The SMILES string of the molecule is Cc1c(NC(=O)COc2c(Cl)cc(Cl)cc2Br)cccc1NC(=O)C1CC1. The Balaban J connectivity index is 1.63. The van der Waals surface area contributed by atoms with Gasteiger partial charge in [0, 0.05) is 22.3 Å². The summed E-state index contributed by atoms with van der Waals surface area (Å²) < 4.78 is 6.08. The first-order valence-electron chi connectivity index (χ1n) is 8.33. The first-order chi connectivity index (χ1) is 12.8. The molecule has 0 atom stereocenters. The number of hydrogen-bond acceptors (Lipinski definition) is 3. The predicted molar refractivity (Wildman–Crippen MR) is 111 cm³/mol. The molecule has 1 saturated carbocycles. The Morgan fingerprint density at radius 1 is 1.19 bits per heavy atom. The van der Waals surface area contributed by atoms with Crippen LogP contribution in [0.2, 0.25) is 10.0 Å². The van der Waals surface area contributed by atoms with Crippen LogP contribution >= 0.6 is 39.1 Å². The molecule has 0 aromatic heterocycles. The molecule has 1 aliphatic carbocycles. The number of benzene rings is 2. The van der Waals surface area contributed by atoms with Crippen LogP contribution in [-0.2, 0) is 9.59 Å². The van der Waals surface area contributed by atoms with Crippen molar-refractivity contribution in [1.82, 2.24) is 0 Å². The van der Waals surface area contributed by atoms with Crippen LogP contribution < -0.4 is 15.4 Å². The molecule has 0 unspecified atom stereocenters. The third kappa shape index (κ3) is 5.15. The van der Waals surface area contributed by atoms with Gasteiger partial charge in [0.15, 0.2) is 12.4 Å². The number of carbonyl (C=O) groups excluding carboxylic acids is 2. The normalized spacial score (nSPS) is 13.2. The molecule has 3 rings (SSSR count). The van der Waals surface area contributed by atoms with Gasteiger partial charge in [-0.1, -0.05) is 29.3 Å². The zero-order valence-corrected chi connectivity index (χ0v) is 17.5. The molecule has 0 radical (unpaired) electrons. The quantitative estimate of drug-likeness (QED) is 0.590. The molecule has 2 aromatic rings. The number of anilines is 2. The maximum atomic E-state index is 12.3. The van der Waals surface area contributed by atoms with E-state index in [-0.39, 0.29) is 24.3 Å². The van der Waals surface area contributed by atoms with E-state index in [1.54, 1.807) is 18.2 Å². The lowest BCUT2D eigenvalue weighted by molar-refractivity contribution is -0.118. The van der Waals surface area contributed by atoms with Crippen molar-refractivity contribution in [3.05, 3.63) is 50.4 Å². The fraction of sp³-hybridized carbons (Fsp3) is 0.263. The van der Waals surface area contributed by atoms with Gasteiger partial charge < -0.3 is 15.4 Å². The van der Waals surface area contributed by atoms with E-state index < -0.39 is 0 Å². The van der Waals surface area contributed by atoms with Gasteiger partial charge in [-0.15, -0.1) is 0 Å². The Kier molecular flexibility index (Phi) is 6.29. The molecular weight excluding hydrogens is 455 g/mol. The van der Waals surface area contributed by atoms with Gasteiger partial charge in [0.25, 0.3) is 5.91 Å². The summed E-state index contributed by atoms with van der Waals surface area (Å²) in [6, 6.07) is 8.53. The molecule has 2 aromatic carbocycles. The van der Waals surface area contributed by atoms with Gasteiger partial charge >= 0.3 is 0 Å². The van der Waals surface area contributed by atoms with Crippen LogP contribution in [0.5, 0.6) is 5.75 Å². The zero-order chi connectivity index (χ0) is 19.6. The van der Waals surface area contributed by atoms with E-state index in [1.165, 1.54) is 6.07 Å². The van der Waals surface area contributed by atoms with Gasteiger partial charge in [-0.2, -0.15) is 0 Å². The van der Waals surface area contributed by atoms with E-state index in [4.69, 9.17) is 27.9 Å². The fourth-order valence-corrected chi connectivity index (χ4v) is 3.85. The summed E-state index contributed by atoms with van der Waals surface area (Å²) in [6.45, 7) is 1.61. The first kappa shape index (κ1) is 20.0. The molecule has 0 bridgehead atoms. The zero-order valence-electron chi connectivity index (χ0n) is 14.4. The number of hydrogen-bond donors (Lipinski definition) is 2. The van der Waals surface area contributed by atoms with Crippen LogP contribution in [0.3, 0.4) is 0 Å². The van der Waals surface area contributed by atoms with Gasteiger partial charge in [-0.3, -0.25) is 9.59 Å². The number of amides is 2. The van der Waals surface area contributed by atoms with Crippen LogP contribution in [0.4, 0.5) is 11.4 Å². The lowest BCUT2D eigenvalue weighted by atomic mass is 10.1. The van der Waals surface area contributed by atoms with Crippen LogP contribution in [-0.4, -0.2) is 18.4 Å². The van der Waals surface area contributed by atoms with E-state index in [0.29, 0.717) is 31.6 Å². The molecule has 1 aliphatic rings. The minimum atomic E-state index is -0.346. The molecule has 2 amide bonds. The molecule has 27 heavy (non-hydrogen) atoms. The number of carbonyl (C=O) groups is 2. The molecule has 0 spiro atoms. The second-order valence-electron chi connectivity index (χ2n) is 6.28. The Hall–Kier alpha value is -1.76. The molecular formula is C19H17BrCl2N2O3. The van der Waals surface area contributed by atoms with Crippen LogP contribution in [0, 0.1) is 12.8 Å². The maximum absolute atomic E-state index is 12.3. The van der Waals surface area contributed by atoms with Crippen LogP contribution in [0.1, 0.15) is 18.4 Å². The van der Waals surface area contributed by atoms with Gasteiger partial charge in [-0.05, 0) is 65.5 Å². The van der Waals surface area contributed by atoms with Crippen molar-refractivity contribution in [2.45, 2.75) is 19.8 Å². The van der Waals surface area contributed by atoms with Crippen molar-refractivity contribution in [2.24, 2.45) is 5.92 Å². The molecule has 5 nitrogen and oxygen atoms in total. The summed E-state index contributed by atoms with van der Waals surface area (Å²) in [5.74, 6) is 0.130. The summed E-state index contributed by atoms with van der Waals surface area (Å²) in [7, 11) is 0. The highest BCUT2D eigenvalue weighted by Crippen LogP contribution is 2.36. The highest BCUT2D eigenvalue weighted by Gasteiger charge is 2.29. The Morgan fingerprint density at radius 2 is 1.85 bits per heavy atom. The van der Waals surface area contributed by atoms with E-state index >= 15 is 0 Å². The van der Waals surface area contributed by atoms with Crippen LogP contribution in [0.25, 0.3) is 0 Å². The third-order valence-corrected chi connectivity index (χ3v) is 5.21. The molecule has 8 heteroatoms. The molecule has 142 valence electrons. The van der Waals surface area contributed by atoms with Crippen molar-refractivity contribution in [3.8, 4) is 5.75 Å². The second-order valence-corrected chi connectivity index (χ2v) is 7.98. The lowest BCUT2D eigenvalue weighted by Gasteiger charge is -2.14. The second kappa shape index (κ2) is 8.50. The average Bonchev–Trinajstić information content (AvgIpc) is 3.42. The number of ether oxygens (including phenoxy) is 1. The minimum absolute atomic E-state index is 0.0205. The average molecular weight is 472 g/mol. The number of halogens is 3. The minimum Gasteiger partial charge on any atom is -0.481 e. The third-order valence-electron chi connectivity index (χ3n) is 4.12. The highest BCUT2D eigenvalue weighted by molar-refractivity contribution is 9.10. The van der Waals surface area contributed by atoms with Gasteiger partial charge in [0.05, 0.1) is 9.50 Å². The van der Waals surface area contributed by atoms with Crippen molar-refractivity contribution in [2.75, 3.05) is 17.2 Å². The van der Waals surface area contributed by atoms with E-state index in [9.17, 15) is 9.59 Å². The summed E-state index contributed by atoms with van der Waals surface area (Å²) in [6.07, 6.45) is 1.86. The smallest absolute Gasteiger partial charge is 0.262 e. The number of nitrogens with one attached hydrogen (secondary N) is 2. The molecule has 0 heterocycles. The summed E-state index contributed by atoms with van der Waals surface area (Å²) in [5.41, 5.74) is 2.08. The Labute approximate surface area is 175 Å². The van der Waals surface area contributed by atoms with Gasteiger partial charge in [-0.25, -0.2) is 0 Å². The van der Waals surface area contributed by atoms with Crippen molar-refractivity contribution in [1.29, 1.82) is 0 Å². The summed E-state index contributed by atoms with van der Waals surface area (Å²) in [4.78, 5) is 24.2. The Morgan fingerprint density at radius 3 is 2.48 bits per heavy atom. The standard InChI is InChI=1S/C19H17BrCl2N2O3/c1-10-15(3-2-4-16(10)24-19(26)11-5-6-11)23-17(25)9-27-18-13(20)7-12(21)8-14(18)22/h2-4,7-8,11H,5-6,9H2,1H3,(H,23,25)(H,24,26). The summed E-state index contributed by atoms with van der Waals surface area (Å²) in [5, 5.41) is 6.47. The Bertz CT molecular complexity index is 878.